The summed E-state index contributed by atoms with van der Waals surface area (Å²) in [4.78, 5) is 63.7. The van der Waals surface area contributed by atoms with Gasteiger partial charge in [-0.05, 0) is 37.4 Å². The molecule has 3 atom stereocenters. The molecule has 2 rings (SSSR count). The minimum atomic E-state index is -1.36. The van der Waals surface area contributed by atoms with Gasteiger partial charge in [0.15, 0.2) is 0 Å². The number of fused-ring (bicyclic) bond motifs is 1. The van der Waals surface area contributed by atoms with Gasteiger partial charge in [0.25, 0.3) is 0 Å². The molecule has 0 saturated carbocycles. The largest absolute Gasteiger partial charge is 0.481 e. The third-order valence-electron chi connectivity index (χ3n) is 7.92. The van der Waals surface area contributed by atoms with Crippen LogP contribution >= 0.6 is 0 Å². The number of hydrogen-bond donors (Lipinski definition) is 5. The van der Waals surface area contributed by atoms with Crippen molar-refractivity contribution < 1.29 is 34.2 Å². The number of nitrogens with zero attached hydrogens (tertiary/aromatic N) is 2. The van der Waals surface area contributed by atoms with E-state index in [1.54, 1.807) is 14.1 Å². The van der Waals surface area contributed by atoms with Crippen molar-refractivity contribution in [3.63, 3.8) is 0 Å². The molecule has 0 spiro atoms. The van der Waals surface area contributed by atoms with E-state index in [0.29, 0.717) is 0 Å². The van der Waals surface area contributed by atoms with Gasteiger partial charge >= 0.3 is 11.9 Å². The topological polar surface area (TPSA) is 170 Å². The van der Waals surface area contributed by atoms with Crippen LogP contribution in [0.4, 0.5) is 0 Å². The Morgan fingerprint density at radius 2 is 1.61 bits per heavy atom. The molecule has 12 heteroatoms. The number of rotatable bonds is 14. The van der Waals surface area contributed by atoms with Crippen molar-refractivity contribution in [1.82, 2.24) is 25.4 Å². The van der Waals surface area contributed by atoms with E-state index >= 15 is 0 Å². The van der Waals surface area contributed by atoms with E-state index in [1.165, 1.54) is 17.9 Å². The number of amides is 3. The quantitative estimate of drug-likeness (QED) is 0.202. The van der Waals surface area contributed by atoms with Gasteiger partial charge in [0.2, 0.25) is 17.7 Å². The lowest BCUT2D eigenvalue weighted by Gasteiger charge is -2.38. The highest BCUT2D eigenvalue weighted by atomic mass is 16.4. The Kier molecular flexibility index (Phi) is 11.9. The van der Waals surface area contributed by atoms with E-state index < -0.39 is 53.2 Å². The number of aliphatic carboxylic acids is 2. The first-order valence-corrected chi connectivity index (χ1v) is 14.5. The van der Waals surface area contributed by atoms with E-state index in [1.807, 2.05) is 76.7 Å². The number of aryl methyl sites for hydroxylation is 1. The van der Waals surface area contributed by atoms with Gasteiger partial charge in [-0.15, -0.1) is 0 Å². The average molecular weight is 614 g/mol. The summed E-state index contributed by atoms with van der Waals surface area (Å²) in [6.45, 7) is 11.0. The molecule has 3 amide bonds. The van der Waals surface area contributed by atoms with Crippen LogP contribution in [-0.2, 0) is 36.4 Å². The zero-order valence-electron chi connectivity index (χ0n) is 27.1. The maximum absolute atomic E-state index is 13.8. The van der Waals surface area contributed by atoms with Crippen LogP contribution in [0, 0.1) is 5.41 Å². The molecular weight excluding hydrogens is 566 g/mol. The molecule has 1 unspecified atom stereocenters. The number of benzene rings is 1. The number of hydrogen-bond acceptors (Lipinski definition) is 6. The van der Waals surface area contributed by atoms with Gasteiger partial charge in [0, 0.05) is 55.1 Å². The smallest absolute Gasteiger partial charge is 0.326 e. The van der Waals surface area contributed by atoms with Crippen LogP contribution in [0.2, 0.25) is 0 Å². The van der Waals surface area contributed by atoms with Crippen molar-refractivity contribution in [3.05, 3.63) is 47.7 Å². The normalized spacial score (nSPS) is 14.4. The molecule has 0 aliphatic carbocycles. The number of likely N-dealkylation sites (N-methyl/N-ethyl adjacent to an activating group) is 2. The second-order valence-corrected chi connectivity index (χ2v) is 12.8. The first-order valence-electron chi connectivity index (χ1n) is 14.5. The third-order valence-corrected chi connectivity index (χ3v) is 7.92. The second kappa shape index (κ2) is 14.5. The molecule has 2 aromatic rings. The molecule has 0 radical (unpaired) electrons. The number of para-hydroxylation sites is 1. The Bertz CT molecular complexity index is 1420. The predicted octanol–water partition coefficient (Wildman–Crippen LogP) is 2.41. The molecular formula is C32H47N5O7. The van der Waals surface area contributed by atoms with Crippen molar-refractivity contribution >= 4 is 40.6 Å². The first-order chi connectivity index (χ1) is 20.3. The Balaban J connectivity index is 2.21. The molecule has 242 valence electrons. The van der Waals surface area contributed by atoms with Gasteiger partial charge < -0.3 is 35.6 Å². The minimum Gasteiger partial charge on any atom is -0.481 e. The maximum atomic E-state index is 13.8. The molecule has 1 aromatic heterocycles. The fourth-order valence-electron chi connectivity index (χ4n) is 5.18. The summed E-state index contributed by atoms with van der Waals surface area (Å²) in [7, 11) is 5.23. The molecule has 0 bridgehead atoms. The lowest BCUT2D eigenvalue weighted by atomic mass is 9.76. The average Bonchev–Trinajstić information content (AvgIpc) is 3.28. The Morgan fingerprint density at radius 3 is 2.16 bits per heavy atom. The minimum absolute atomic E-state index is 0.0182. The number of aromatic nitrogens is 1. The fourth-order valence-corrected chi connectivity index (χ4v) is 5.18. The fraction of sp³-hybridized carbons (Fsp3) is 0.531. The van der Waals surface area contributed by atoms with E-state index in [0.717, 1.165) is 16.5 Å². The summed E-state index contributed by atoms with van der Waals surface area (Å²) in [6.07, 6.45) is 2.83. The molecule has 0 fully saturated rings. The van der Waals surface area contributed by atoms with Crippen molar-refractivity contribution in [2.45, 2.75) is 77.9 Å². The second-order valence-electron chi connectivity index (χ2n) is 12.8. The van der Waals surface area contributed by atoms with E-state index in [-0.39, 0.29) is 30.4 Å². The molecule has 0 saturated heterocycles. The molecule has 0 aliphatic heterocycles. The van der Waals surface area contributed by atoms with Crippen LogP contribution < -0.4 is 16.0 Å². The monoisotopic (exact) mass is 613 g/mol. The Hall–Kier alpha value is -4.19. The lowest BCUT2D eigenvalue weighted by molar-refractivity contribution is -0.142. The highest BCUT2D eigenvalue weighted by molar-refractivity contribution is 5.96. The summed E-state index contributed by atoms with van der Waals surface area (Å²) < 4.78 is 2.03. The van der Waals surface area contributed by atoms with Crippen LogP contribution in [0.25, 0.3) is 10.9 Å². The van der Waals surface area contributed by atoms with Crippen molar-refractivity contribution in [3.8, 4) is 0 Å². The molecule has 0 aliphatic rings. The van der Waals surface area contributed by atoms with Crippen molar-refractivity contribution in [1.29, 1.82) is 0 Å². The van der Waals surface area contributed by atoms with Gasteiger partial charge in [-0.1, -0.05) is 58.9 Å². The summed E-state index contributed by atoms with van der Waals surface area (Å²) in [5.41, 5.74) is 0.897. The van der Waals surface area contributed by atoms with Gasteiger partial charge in [0.1, 0.15) is 12.1 Å². The van der Waals surface area contributed by atoms with Crippen LogP contribution in [0.15, 0.2) is 42.1 Å². The SMILES string of the molecule is CN[C@H](C(=O)NC(C(=O)N(C)C/C=C(\C)C(=O)N[C@H](CCC(=O)O)C(=O)O)C(C)(C)C)C(C)(C)c1cn(C)c2ccccc12. The highest BCUT2D eigenvalue weighted by Gasteiger charge is 2.41. The number of carboxylic acid groups (broad SMARTS) is 2. The molecule has 5 N–H and O–H groups in total. The highest BCUT2D eigenvalue weighted by Crippen LogP contribution is 2.34. The summed E-state index contributed by atoms with van der Waals surface area (Å²) in [5.74, 6) is -3.89. The zero-order valence-corrected chi connectivity index (χ0v) is 27.1. The van der Waals surface area contributed by atoms with Crippen LogP contribution in [0.5, 0.6) is 0 Å². The summed E-state index contributed by atoms with van der Waals surface area (Å²) >= 11 is 0. The van der Waals surface area contributed by atoms with E-state index in [9.17, 15) is 29.1 Å². The van der Waals surface area contributed by atoms with Gasteiger partial charge in [0.05, 0.1) is 6.04 Å². The zero-order chi connectivity index (χ0) is 33.6. The Morgan fingerprint density at radius 1 is 1.00 bits per heavy atom. The molecule has 12 nitrogen and oxygen atoms in total. The summed E-state index contributed by atoms with van der Waals surface area (Å²) in [6, 6.07) is 5.05. The predicted molar refractivity (Wildman–Crippen MR) is 168 cm³/mol. The maximum Gasteiger partial charge on any atom is 0.326 e. The van der Waals surface area contributed by atoms with E-state index in [2.05, 4.69) is 16.0 Å². The number of carbonyl (C=O) groups excluding carboxylic acids is 3. The molecule has 44 heavy (non-hydrogen) atoms. The number of carboxylic acids is 2. The number of nitrogens with one attached hydrogen (secondary N) is 3. The first kappa shape index (κ1) is 36.0. The molecule has 1 heterocycles. The lowest BCUT2D eigenvalue weighted by Crippen LogP contribution is -2.60. The van der Waals surface area contributed by atoms with Crippen LogP contribution in [0.3, 0.4) is 0 Å². The molecule has 1 aromatic carbocycles. The van der Waals surface area contributed by atoms with Crippen LogP contribution in [0.1, 0.15) is 59.9 Å². The summed E-state index contributed by atoms with van der Waals surface area (Å²) in [5, 5.41) is 27.6. The van der Waals surface area contributed by atoms with Crippen molar-refractivity contribution in [2.75, 3.05) is 20.6 Å². The van der Waals surface area contributed by atoms with Crippen LogP contribution in [-0.4, -0.2) is 88.1 Å². The van der Waals surface area contributed by atoms with Crippen molar-refractivity contribution in [2.24, 2.45) is 12.5 Å². The van der Waals surface area contributed by atoms with Gasteiger partial charge in [-0.3, -0.25) is 19.2 Å². The standard InChI is InChI=1S/C32H47N5O7/c1-19(27(40)34-22(30(43)44)14-15-24(38)39)16-17-36(8)29(42)26(31(2,3)4)35-28(41)25(33-7)32(5,6)21-18-37(9)23-13-11-10-12-20(21)23/h10-13,16,18,22,25-26,33H,14-15,17H2,1-9H3,(H,34,40)(H,35,41)(H,38,39)(H,43,44)/b19-16+/t22-,25-,26?/m1/s1. The number of carbonyl (C=O) groups is 5. The third kappa shape index (κ3) is 8.68. The van der Waals surface area contributed by atoms with E-state index in [4.69, 9.17) is 5.11 Å². The van der Waals surface area contributed by atoms with Gasteiger partial charge in [-0.2, -0.15) is 0 Å². The Labute approximate surface area is 258 Å². The van der Waals surface area contributed by atoms with Gasteiger partial charge in [-0.25, -0.2) is 4.79 Å².